The van der Waals surface area contributed by atoms with Crippen molar-refractivity contribution in [1.29, 1.82) is 0 Å². The summed E-state index contributed by atoms with van der Waals surface area (Å²) >= 11 is 4.68. The molecule has 12 heavy (non-hydrogen) atoms. The van der Waals surface area contributed by atoms with Crippen LogP contribution < -0.4 is 16.8 Å². The van der Waals surface area contributed by atoms with Crippen LogP contribution in [0, 0.1) is 0 Å². The SMILES string of the molecule is NCc1ccc(NC(N)=S)cc1. The summed E-state index contributed by atoms with van der Waals surface area (Å²) in [5.74, 6) is 0. The maximum atomic E-state index is 5.43. The Morgan fingerprint density at radius 3 is 2.33 bits per heavy atom. The lowest BCUT2D eigenvalue weighted by Crippen LogP contribution is -2.18. The van der Waals surface area contributed by atoms with E-state index in [9.17, 15) is 0 Å². The molecule has 0 saturated heterocycles. The molecule has 1 aromatic rings. The molecule has 0 radical (unpaired) electrons. The van der Waals surface area contributed by atoms with E-state index in [0.717, 1.165) is 11.3 Å². The maximum Gasteiger partial charge on any atom is 0.168 e. The summed E-state index contributed by atoms with van der Waals surface area (Å²) in [6.45, 7) is 0.549. The molecule has 3 nitrogen and oxygen atoms in total. The van der Waals surface area contributed by atoms with Crippen LogP contribution in [0.1, 0.15) is 5.56 Å². The van der Waals surface area contributed by atoms with Crippen LogP contribution in [0.2, 0.25) is 0 Å². The number of anilines is 1. The number of hydrogen-bond donors (Lipinski definition) is 3. The molecule has 5 N–H and O–H groups in total. The zero-order valence-electron chi connectivity index (χ0n) is 6.58. The Morgan fingerprint density at radius 2 is 1.92 bits per heavy atom. The first kappa shape index (κ1) is 8.96. The van der Waals surface area contributed by atoms with Crippen molar-refractivity contribution in [3.05, 3.63) is 29.8 Å². The molecular formula is C8H11N3S. The third kappa shape index (κ3) is 2.48. The van der Waals surface area contributed by atoms with Crippen molar-refractivity contribution in [2.75, 3.05) is 5.32 Å². The second-order valence-corrected chi connectivity index (χ2v) is 2.83. The monoisotopic (exact) mass is 181 g/mol. The topological polar surface area (TPSA) is 64.1 Å². The Labute approximate surface area is 76.7 Å². The molecule has 0 aliphatic heterocycles. The van der Waals surface area contributed by atoms with Crippen molar-refractivity contribution in [3.8, 4) is 0 Å². The van der Waals surface area contributed by atoms with Crippen LogP contribution in [0.25, 0.3) is 0 Å². The minimum atomic E-state index is 0.274. The van der Waals surface area contributed by atoms with E-state index in [2.05, 4.69) is 17.5 Å². The number of nitrogens with one attached hydrogen (secondary N) is 1. The van der Waals surface area contributed by atoms with Crippen LogP contribution in [0.4, 0.5) is 5.69 Å². The van der Waals surface area contributed by atoms with Crippen molar-refractivity contribution in [2.24, 2.45) is 11.5 Å². The molecule has 0 aliphatic carbocycles. The van der Waals surface area contributed by atoms with Gasteiger partial charge in [0.15, 0.2) is 5.11 Å². The Hall–Kier alpha value is -1.13. The zero-order valence-corrected chi connectivity index (χ0v) is 7.40. The standard InChI is InChI=1S/C8H11N3S/c9-5-6-1-3-7(4-2-6)11-8(10)12/h1-4H,5,9H2,(H3,10,11,12). The summed E-state index contributed by atoms with van der Waals surface area (Å²) in [6.07, 6.45) is 0. The quantitative estimate of drug-likeness (QED) is 0.590. The van der Waals surface area contributed by atoms with Gasteiger partial charge in [-0.15, -0.1) is 0 Å². The predicted octanol–water partition coefficient (Wildman–Crippen LogP) is 0.801. The highest BCUT2D eigenvalue weighted by molar-refractivity contribution is 7.80. The van der Waals surface area contributed by atoms with Gasteiger partial charge in [-0.3, -0.25) is 0 Å². The number of benzene rings is 1. The van der Waals surface area contributed by atoms with Gasteiger partial charge in [-0.05, 0) is 29.9 Å². The molecule has 1 rings (SSSR count). The van der Waals surface area contributed by atoms with Crippen molar-refractivity contribution in [3.63, 3.8) is 0 Å². The summed E-state index contributed by atoms with van der Waals surface area (Å²) in [5.41, 5.74) is 12.7. The van der Waals surface area contributed by atoms with E-state index in [0.29, 0.717) is 6.54 Å². The number of nitrogens with two attached hydrogens (primary N) is 2. The first-order valence-corrected chi connectivity index (χ1v) is 3.98. The molecule has 0 spiro atoms. The molecule has 64 valence electrons. The number of thiocarbonyl (C=S) groups is 1. The fraction of sp³-hybridized carbons (Fsp3) is 0.125. The van der Waals surface area contributed by atoms with Gasteiger partial charge in [0.2, 0.25) is 0 Å². The zero-order chi connectivity index (χ0) is 8.97. The van der Waals surface area contributed by atoms with Gasteiger partial charge >= 0.3 is 0 Å². The molecular weight excluding hydrogens is 170 g/mol. The summed E-state index contributed by atoms with van der Waals surface area (Å²) in [5, 5.41) is 3.10. The van der Waals surface area contributed by atoms with E-state index in [-0.39, 0.29) is 5.11 Å². The van der Waals surface area contributed by atoms with Crippen LogP contribution in [0.5, 0.6) is 0 Å². The highest BCUT2D eigenvalue weighted by atomic mass is 32.1. The summed E-state index contributed by atoms with van der Waals surface area (Å²) in [4.78, 5) is 0. The second-order valence-electron chi connectivity index (χ2n) is 2.39. The smallest absolute Gasteiger partial charge is 0.168 e. The lowest BCUT2D eigenvalue weighted by molar-refractivity contribution is 1.07. The van der Waals surface area contributed by atoms with Crippen molar-refractivity contribution < 1.29 is 0 Å². The van der Waals surface area contributed by atoms with E-state index in [1.54, 1.807) is 0 Å². The van der Waals surface area contributed by atoms with E-state index in [1.165, 1.54) is 0 Å². The number of rotatable bonds is 2. The largest absolute Gasteiger partial charge is 0.376 e. The van der Waals surface area contributed by atoms with Gasteiger partial charge in [-0.1, -0.05) is 12.1 Å². The highest BCUT2D eigenvalue weighted by Gasteiger charge is 1.92. The molecule has 4 heteroatoms. The van der Waals surface area contributed by atoms with E-state index in [4.69, 9.17) is 11.5 Å². The average Bonchev–Trinajstić information content (AvgIpc) is 2.05. The van der Waals surface area contributed by atoms with E-state index < -0.39 is 0 Å². The van der Waals surface area contributed by atoms with Crippen molar-refractivity contribution in [1.82, 2.24) is 0 Å². The van der Waals surface area contributed by atoms with Gasteiger partial charge in [0.25, 0.3) is 0 Å². The molecule has 0 saturated carbocycles. The van der Waals surface area contributed by atoms with E-state index in [1.807, 2.05) is 24.3 Å². The Bertz CT molecular complexity index is 268. The summed E-state index contributed by atoms with van der Waals surface area (Å²) in [6, 6.07) is 7.64. The molecule has 0 amide bonds. The van der Waals surface area contributed by atoms with Crippen LogP contribution >= 0.6 is 12.2 Å². The molecule has 0 heterocycles. The molecule has 0 fully saturated rings. The van der Waals surface area contributed by atoms with Crippen LogP contribution in [-0.2, 0) is 6.54 Å². The molecule has 0 unspecified atom stereocenters. The third-order valence-electron chi connectivity index (χ3n) is 1.46. The highest BCUT2D eigenvalue weighted by Crippen LogP contribution is 2.08. The van der Waals surface area contributed by atoms with Crippen molar-refractivity contribution in [2.45, 2.75) is 6.54 Å². The predicted molar refractivity (Wildman–Crippen MR) is 54.7 cm³/mol. The third-order valence-corrected chi connectivity index (χ3v) is 1.56. The molecule has 0 aliphatic rings. The maximum absolute atomic E-state index is 5.43. The average molecular weight is 181 g/mol. The van der Waals surface area contributed by atoms with Crippen molar-refractivity contribution >= 4 is 23.0 Å². The summed E-state index contributed by atoms with van der Waals surface area (Å²) < 4.78 is 0. The van der Waals surface area contributed by atoms with Gasteiger partial charge in [-0.25, -0.2) is 0 Å². The Morgan fingerprint density at radius 1 is 1.33 bits per heavy atom. The van der Waals surface area contributed by atoms with Crippen LogP contribution in [-0.4, -0.2) is 5.11 Å². The van der Waals surface area contributed by atoms with Gasteiger partial charge in [0.1, 0.15) is 0 Å². The fourth-order valence-corrected chi connectivity index (χ4v) is 0.984. The lowest BCUT2D eigenvalue weighted by atomic mass is 10.2. The first-order valence-electron chi connectivity index (χ1n) is 3.58. The molecule has 0 bridgehead atoms. The van der Waals surface area contributed by atoms with Gasteiger partial charge in [0, 0.05) is 12.2 Å². The molecule has 1 aromatic carbocycles. The Kier molecular flexibility index (Phi) is 3.01. The fourth-order valence-electron chi connectivity index (χ4n) is 0.866. The normalized spacial score (nSPS) is 9.42. The van der Waals surface area contributed by atoms with Crippen LogP contribution in [0.15, 0.2) is 24.3 Å². The second kappa shape index (κ2) is 4.04. The minimum absolute atomic E-state index is 0.274. The number of hydrogen-bond acceptors (Lipinski definition) is 2. The van der Waals surface area contributed by atoms with Gasteiger partial charge in [0.05, 0.1) is 0 Å². The van der Waals surface area contributed by atoms with E-state index >= 15 is 0 Å². The van der Waals surface area contributed by atoms with Gasteiger partial charge < -0.3 is 16.8 Å². The Balaban J connectivity index is 2.71. The van der Waals surface area contributed by atoms with Crippen LogP contribution in [0.3, 0.4) is 0 Å². The minimum Gasteiger partial charge on any atom is -0.376 e. The summed E-state index contributed by atoms with van der Waals surface area (Å²) in [7, 11) is 0. The molecule has 0 atom stereocenters. The van der Waals surface area contributed by atoms with Gasteiger partial charge in [-0.2, -0.15) is 0 Å². The first-order chi connectivity index (χ1) is 5.72. The molecule has 0 aromatic heterocycles. The lowest BCUT2D eigenvalue weighted by Gasteiger charge is -2.03.